The number of halogens is 2. The van der Waals surface area contributed by atoms with Crippen LogP contribution >= 0.6 is 0 Å². The van der Waals surface area contributed by atoms with Crippen LogP contribution in [0.2, 0.25) is 0 Å². The second-order valence-corrected chi connectivity index (χ2v) is 4.21. The third-order valence-corrected chi connectivity index (χ3v) is 2.21. The smallest absolute Gasteiger partial charge is 0.230 e. The van der Waals surface area contributed by atoms with Gasteiger partial charge < -0.3 is 11.7 Å². The number of piperidine rings is 1. The molecule has 89 valence electrons. The molecule has 1 atom stereocenters. The summed E-state index contributed by atoms with van der Waals surface area (Å²) in [4.78, 5) is 0. The fraction of sp³-hybridized carbons (Fsp3) is 0.909. The van der Waals surface area contributed by atoms with Crippen molar-refractivity contribution in [2.45, 2.75) is 40.0 Å². The number of nitrogens with zero attached hydrogens (tertiary/aromatic N) is 1. The van der Waals surface area contributed by atoms with E-state index >= 15 is 0 Å². The predicted octanol–water partition coefficient (Wildman–Crippen LogP) is 3.90. The SMILES string of the molecule is CC(C)[C@H]1C[N-]CC(F)(F)C1.C[CH-]C.[Y]. The van der Waals surface area contributed by atoms with Gasteiger partial charge in [-0.2, -0.15) is 13.8 Å². The van der Waals surface area contributed by atoms with E-state index in [0.717, 1.165) is 0 Å². The average molecular weight is 294 g/mol. The molecule has 0 N–H and O–H groups in total. The summed E-state index contributed by atoms with van der Waals surface area (Å²) in [5.74, 6) is -2.13. The summed E-state index contributed by atoms with van der Waals surface area (Å²) in [5.41, 5.74) is 0. The van der Waals surface area contributed by atoms with E-state index in [0.29, 0.717) is 12.5 Å². The van der Waals surface area contributed by atoms with Crippen molar-refractivity contribution < 1.29 is 41.5 Å². The maximum atomic E-state index is 12.7. The first kappa shape index (κ1) is 18.3. The molecule has 0 unspecified atom stereocenters. The van der Waals surface area contributed by atoms with Gasteiger partial charge in [0, 0.05) is 39.1 Å². The summed E-state index contributed by atoms with van der Waals surface area (Å²) in [6, 6.07) is 0. The molecular weight excluding hydrogens is 273 g/mol. The van der Waals surface area contributed by atoms with Gasteiger partial charge in [-0.05, 0) is 5.92 Å². The quantitative estimate of drug-likeness (QED) is 0.651. The molecule has 0 aromatic rings. The van der Waals surface area contributed by atoms with Crippen LogP contribution in [-0.2, 0) is 32.7 Å². The summed E-state index contributed by atoms with van der Waals surface area (Å²) in [6.07, 6.45) is 2.02. The van der Waals surface area contributed by atoms with Crippen LogP contribution in [0.25, 0.3) is 5.32 Å². The molecule has 4 heteroatoms. The zero-order valence-corrected chi connectivity index (χ0v) is 13.0. The van der Waals surface area contributed by atoms with Gasteiger partial charge in [-0.1, -0.05) is 26.3 Å². The van der Waals surface area contributed by atoms with Crippen LogP contribution in [0, 0.1) is 18.3 Å². The Kier molecular flexibility index (Phi) is 11.0. The first-order chi connectivity index (χ1) is 6.43. The van der Waals surface area contributed by atoms with Gasteiger partial charge in [0.05, 0.1) is 0 Å². The fourth-order valence-corrected chi connectivity index (χ4v) is 1.35. The van der Waals surface area contributed by atoms with Gasteiger partial charge in [-0.25, -0.2) is 8.78 Å². The van der Waals surface area contributed by atoms with Crippen LogP contribution in [0.4, 0.5) is 8.78 Å². The van der Waals surface area contributed by atoms with E-state index < -0.39 is 5.92 Å². The van der Waals surface area contributed by atoms with Gasteiger partial charge >= 0.3 is 0 Å². The molecular formula is C11H21F2NY-2. The summed E-state index contributed by atoms with van der Waals surface area (Å²) < 4.78 is 25.4. The third-order valence-electron chi connectivity index (χ3n) is 2.21. The molecule has 1 nitrogen and oxygen atoms in total. The average Bonchev–Trinajstić information content (AvgIpc) is 2.03. The van der Waals surface area contributed by atoms with Crippen molar-refractivity contribution in [3.05, 3.63) is 11.7 Å². The summed E-state index contributed by atoms with van der Waals surface area (Å²) in [5, 5.41) is 3.78. The Morgan fingerprint density at radius 2 is 1.80 bits per heavy atom. The standard InChI is InChI=1S/C8H14F2N.C3H7.Y/c1-6(2)7-3-8(9,10)5-11-4-7;1-3-2;/h6-7H,3-5H2,1-2H3;3H,1-2H3;/q2*-1;/t7-;;/m1../s1. The van der Waals surface area contributed by atoms with E-state index in [2.05, 4.69) is 5.32 Å². The summed E-state index contributed by atoms with van der Waals surface area (Å²) in [6.45, 7) is 8.30. The van der Waals surface area contributed by atoms with Crippen LogP contribution in [0.3, 0.4) is 0 Å². The second-order valence-electron chi connectivity index (χ2n) is 4.21. The van der Waals surface area contributed by atoms with Crippen LogP contribution in [0.5, 0.6) is 0 Å². The van der Waals surface area contributed by atoms with E-state index in [9.17, 15) is 8.78 Å². The molecule has 0 aromatic carbocycles. The van der Waals surface area contributed by atoms with Gasteiger partial charge in [0.1, 0.15) is 0 Å². The van der Waals surface area contributed by atoms with Gasteiger partial charge in [0.15, 0.2) is 0 Å². The molecule has 1 rings (SSSR count). The molecule has 1 heterocycles. The maximum Gasteiger partial charge on any atom is 0.230 e. The van der Waals surface area contributed by atoms with Crippen molar-refractivity contribution in [1.29, 1.82) is 0 Å². The van der Waals surface area contributed by atoms with Gasteiger partial charge in [-0.3, -0.25) is 0 Å². The Hall–Kier alpha value is 0.924. The second kappa shape index (κ2) is 9.01. The van der Waals surface area contributed by atoms with E-state index in [-0.39, 0.29) is 51.6 Å². The first-order valence-corrected chi connectivity index (χ1v) is 5.18. The molecule has 1 aliphatic heterocycles. The Morgan fingerprint density at radius 3 is 2.07 bits per heavy atom. The molecule has 1 fully saturated rings. The van der Waals surface area contributed by atoms with Crippen LogP contribution in [-0.4, -0.2) is 19.0 Å². The van der Waals surface area contributed by atoms with Crippen molar-refractivity contribution >= 4 is 0 Å². The zero-order chi connectivity index (χ0) is 11.2. The molecule has 0 bridgehead atoms. The predicted molar refractivity (Wildman–Crippen MR) is 56.6 cm³/mol. The van der Waals surface area contributed by atoms with E-state index in [1.54, 1.807) is 0 Å². The normalized spacial score (nSPS) is 23.8. The Labute approximate surface area is 118 Å². The molecule has 1 aliphatic rings. The number of alkyl halides is 2. The monoisotopic (exact) mass is 294 g/mol. The van der Waals surface area contributed by atoms with E-state index in [1.807, 2.05) is 34.1 Å². The molecule has 0 aliphatic carbocycles. The van der Waals surface area contributed by atoms with Crippen molar-refractivity contribution in [2.75, 3.05) is 13.1 Å². The van der Waals surface area contributed by atoms with Crippen molar-refractivity contribution in [3.63, 3.8) is 0 Å². The minimum atomic E-state index is -2.53. The molecule has 0 spiro atoms. The summed E-state index contributed by atoms with van der Waals surface area (Å²) in [7, 11) is 0. The molecule has 0 saturated carbocycles. The van der Waals surface area contributed by atoms with Crippen molar-refractivity contribution in [3.8, 4) is 0 Å². The van der Waals surface area contributed by atoms with E-state index in [4.69, 9.17) is 0 Å². The topological polar surface area (TPSA) is 14.1 Å². The van der Waals surface area contributed by atoms with Crippen LogP contribution < -0.4 is 0 Å². The fourth-order valence-electron chi connectivity index (χ4n) is 1.35. The van der Waals surface area contributed by atoms with Gasteiger partial charge in [-0.15, -0.1) is 6.54 Å². The van der Waals surface area contributed by atoms with Crippen molar-refractivity contribution in [1.82, 2.24) is 0 Å². The number of rotatable bonds is 1. The number of hydrogen-bond acceptors (Lipinski definition) is 0. The minimum Gasteiger partial charge on any atom is -0.657 e. The zero-order valence-electron chi connectivity index (χ0n) is 10.1. The van der Waals surface area contributed by atoms with E-state index in [1.165, 1.54) is 0 Å². The summed E-state index contributed by atoms with van der Waals surface area (Å²) >= 11 is 0. The Bertz CT molecular complexity index is 152. The van der Waals surface area contributed by atoms with Crippen LogP contribution in [0.1, 0.15) is 34.1 Å². The molecule has 1 radical (unpaired) electrons. The Morgan fingerprint density at radius 1 is 1.33 bits per heavy atom. The minimum absolute atomic E-state index is 0. The van der Waals surface area contributed by atoms with Crippen molar-refractivity contribution in [2.24, 2.45) is 11.8 Å². The van der Waals surface area contributed by atoms with Gasteiger partial charge in [0.2, 0.25) is 5.92 Å². The molecule has 15 heavy (non-hydrogen) atoms. The largest absolute Gasteiger partial charge is 0.657 e. The van der Waals surface area contributed by atoms with Crippen LogP contribution in [0.15, 0.2) is 0 Å². The molecule has 1 saturated heterocycles. The third kappa shape index (κ3) is 8.70. The molecule has 0 aromatic heterocycles. The number of hydrogen-bond donors (Lipinski definition) is 0. The Balaban J connectivity index is 0. The molecule has 0 amide bonds. The van der Waals surface area contributed by atoms with Gasteiger partial charge in [0.25, 0.3) is 0 Å². The first-order valence-electron chi connectivity index (χ1n) is 5.18. The maximum absolute atomic E-state index is 12.7.